The van der Waals surface area contributed by atoms with Gasteiger partial charge in [0, 0.05) is 27.1 Å². The van der Waals surface area contributed by atoms with Crippen LogP contribution in [0.5, 0.6) is 0 Å². The monoisotopic (exact) mass is 510 g/mol. The van der Waals surface area contributed by atoms with Crippen molar-refractivity contribution in [3.63, 3.8) is 0 Å². The van der Waals surface area contributed by atoms with Crippen molar-refractivity contribution < 1.29 is 4.42 Å². The average molecular weight is 511 g/mol. The van der Waals surface area contributed by atoms with Gasteiger partial charge in [-0.05, 0) is 53.1 Å². The summed E-state index contributed by atoms with van der Waals surface area (Å²) in [6.07, 6.45) is 0. The van der Waals surface area contributed by atoms with Crippen molar-refractivity contribution in [1.29, 1.82) is 0 Å². The van der Waals surface area contributed by atoms with E-state index in [4.69, 9.17) is 11.0 Å². The van der Waals surface area contributed by atoms with Crippen LogP contribution in [-0.4, -0.2) is 4.57 Å². The zero-order valence-electron chi connectivity index (χ0n) is 21.5. The molecule has 0 amide bonds. The molecular formula is C37H22N2O. The molecular weight excluding hydrogens is 488 g/mol. The van der Waals surface area contributed by atoms with Gasteiger partial charge in [-0.3, -0.25) is 0 Å². The minimum atomic E-state index is 0.619. The summed E-state index contributed by atoms with van der Waals surface area (Å²) in [6, 6.07) is 46.1. The number of benzene rings is 6. The molecule has 3 heteroatoms. The van der Waals surface area contributed by atoms with Crippen molar-refractivity contribution in [2.24, 2.45) is 0 Å². The number of hydrogen-bond acceptors (Lipinski definition) is 1. The van der Waals surface area contributed by atoms with Crippen LogP contribution in [0.4, 0.5) is 5.69 Å². The zero-order chi connectivity index (χ0) is 26.6. The Kier molecular flexibility index (Phi) is 4.89. The molecule has 0 aliphatic heterocycles. The highest BCUT2D eigenvalue weighted by Gasteiger charge is 2.17. The van der Waals surface area contributed by atoms with Gasteiger partial charge in [0.1, 0.15) is 11.2 Å². The summed E-state index contributed by atoms with van der Waals surface area (Å²) in [5.74, 6) is 0. The van der Waals surface area contributed by atoms with Crippen LogP contribution >= 0.6 is 0 Å². The highest BCUT2D eigenvalue weighted by atomic mass is 16.3. The molecule has 2 aromatic heterocycles. The largest absolute Gasteiger partial charge is 0.456 e. The van der Waals surface area contributed by atoms with E-state index in [0.29, 0.717) is 5.69 Å². The van der Waals surface area contributed by atoms with Crippen molar-refractivity contribution in [2.45, 2.75) is 0 Å². The van der Waals surface area contributed by atoms with Crippen molar-refractivity contribution in [2.75, 3.05) is 0 Å². The molecule has 0 N–H and O–H groups in total. The lowest BCUT2D eigenvalue weighted by molar-refractivity contribution is 0.669. The molecule has 40 heavy (non-hydrogen) atoms. The van der Waals surface area contributed by atoms with E-state index in [0.717, 1.165) is 49.9 Å². The van der Waals surface area contributed by atoms with Crippen LogP contribution in [0.15, 0.2) is 138 Å². The number of furan rings is 1. The molecule has 0 atom stereocenters. The Morgan fingerprint density at radius 3 is 1.88 bits per heavy atom. The van der Waals surface area contributed by atoms with E-state index in [1.807, 2.05) is 24.3 Å². The molecule has 0 saturated heterocycles. The van der Waals surface area contributed by atoms with Gasteiger partial charge >= 0.3 is 0 Å². The second-order valence-corrected chi connectivity index (χ2v) is 10.0. The molecule has 0 bridgehead atoms. The van der Waals surface area contributed by atoms with Gasteiger partial charge in [0.15, 0.2) is 5.69 Å². The Bertz CT molecular complexity index is 2240. The Hall–Kier alpha value is -5.59. The molecule has 6 aromatic carbocycles. The second kappa shape index (κ2) is 8.73. The molecule has 8 rings (SSSR count). The van der Waals surface area contributed by atoms with E-state index in [-0.39, 0.29) is 0 Å². The third-order valence-electron chi connectivity index (χ3n) is 7.84. The quantitative estimate of drug-likeness (QED) is 0.217. The van der Waals surface area contributed by atoms with Crippen LogP contribution in [0.1, 0.15) is 0 Å². The van der Waals surface area contributed by atoms with Gasteiger partial charge in [-0.1, -0.05) is 97.1 Å². The topological polar surface area (TPSA) is 22.4 Å². The van der Waals surface area contributed by atoms with E-state index in [9.17, 15) is 0 Å². The first-order valence-electron chi connectivity index (χ1n) is 13.3. The summed E-state index contributed by atoms with van der Waals surface area (Å²) < 4.78 is 8.52. The molecule has 0 unspecified atom stereocenters. The van der Waals surface area contributed by atoms with E-state index in [1.165, 1.54) is 21.8 Å². The lowest BCUT2D eigenvalue weighted by atomic mass is 9.96. The van der Waals surface area contributed by atoms with Gasteiger partial charge in [0.25, 0.3) is 0 Å². The zero-order valence-corrected chi connectivity index (χ0v) is 21.5. The predicted molar refractivity (Wildman–Crippen MR) is 165 cm³/mol. The first-order chi connectivity index (χ1) is 19.8. The molecule has 0 aliphatic carbocycles. The second-order valence-electron chi connectivity index (χ2n) is 10.0. The van der Waals surface area contributed by atoms with Crippen LogP contribution in [-0.2, 0) is 0 Å². The third-order valence-corrected chi connectivity index (χ3v) is 7.84. The summed E-state index contributed by atoms with van der Waals surface area (Å²) in [5, 5.41) is 4.65. The first kappa shape index (κ1) is 22.4. The van der Waals surface area contributed by atoms with Gasteiger partial charge < -0.3 is 8.98 Å². The fraction of sp³-hybridized carbons (Fsp3) is 0. The first-order valence-corrected chi connectivity index (χ1v) is 13.3. The Morgan fingerprint density at radius 1 is 0.500 bits per heavy atom. The lowest BCUT2D eigenvalue weighted by Gasteiger charge is -2.15. The normalized spacial score (nSPS) is 11.5. The van der Waals surface area contributed by atoms with Crippen LogP contribution in [0.2, 0.25) is 0 Å². The molecule has 0 fully saturated rings. The van der Waals surface area contributed by atoms with Gasteiger partial charge in [-0.15, -0.1) is 0 Å². The molecule has 0 saturated carbocycles. The fourth-order valence-electron chi connectivity index (χ4n) is 6.02. The summed E-state index contributed by atoms with van der Waals surface area (Å²) >= 11 is 0. The predicted octanol–water partition coefficient (Wildman–Crippen LogP) is 10.6. The molecule has 8 aromatic rings. The molecule has 0 spiro atoms. The lowest BCUT2D eigenvalue weighted by Crippen LogP contribution is -1.97. The average Bonchev–Trinajstić information content (AvgIpc) is 3.56. The number of nitrogens with zero attached hydrogens (tertiary/aromatic N) is 2. The van der Waals surface area contributed by atoms with Gasteiger partial charge in [-0.2, -0.15) is 0 Å². The molecule has 0 radical (unpaired) electrons. The number of para-hydroxylation sites is 4. The van der Waals surface area contributed by atoms with Crippen molar-refractivity contribution in [3.8, 4) is 27.9 Å². The SMILES string of the molecule is [C-]#[N+]c1ccc(-c2ccccc2-n2c3ccccc3c3ccccc32)cc1-c1ccc2c(c1)oc1ccccc12. The third kappa shape index (κ3) is 3.30. The fourth-order valence-corrected chi connectivity index (χ4v) is 6.02. The molecule has 186 valence electrons. The molecule has 3 nitrogen and oxygen atoms in total. The number of fused-ring (bicyclic) bond motifs is 6. The van der Waals surface area contributed by atoms with Crippen LogP contribution < -0.4 is 0 Å². The van der Waals surface area contributed by atoms with Crippen molar-refractivity contribution in [1.82, 2.24) is 4.57 Å². The minimum absolute atomic E-state index is 0.619. The summed E-state index contributed by atoms with van der Waals surface area (Å²) in [4.78, 5) is 3.87. The van der Waals surface area contributed by atoms with Gasteiger partial charge in [0.2, 0.25) is 0 Å². The summed E-state index contributed by atoms with van der Waals surface area (Å²) in [7, 11) is 0. The molecule has 0 aliphatic rings. The minimum Gasteiger partial charge on any atom is -0.456 e. The van der Waals surface area contributed by atoms with Crippen molar-refractivity contribution >= 4 is 49.4 Å². The van der Waals surface area contributed by atoms with Gasteiger partial charge in [-0.25, -0.2) is 4.85 Å². The smallest absolute Gasteiger partial charge is 0.194 e. The maximum atomic E-state index is 7.89. The van der Waals surface area contributed by atoms with E-state index < -0.39 is 0 Å². The Balaban J connectivity index is 1.34. The molecule has 2 heterocycles. The number of rotatable bonds is 3. The maximum Gasteiger partial charge on any atom is 0.194 e. The van der Waals surface area contributed by atoms with E-state index in [2.05, 4.69) is 119 Å². The van der Waals surface area contributed by atoms with Crippen molar-refractivity contribution in [3.05, 3.63) is 145 Å². The van der Waals surface area contributed by atoms with Crippen LogP contribution in [0.25, 0.3) is 76.5 Å². The summed E-state index contributed by atoms with van der Waals surface area (Å²) in [5.41, 5.74) is 9.79. The Morgan fingerprint density at radius 2 is 1.10 bits per heavy atom. The van der Waals surface area contributed by atoms with Crippen LogP contribution in [0, 0.1) is 6.57 Å². The van der Waals surface area contributed by atoms with E-state index >= 15 is 0 Å². The number of aromatic nitrogens is 1. The van der Waals surface area contributed by atoms with E-state index in [1.54, 1.807) is 0 Å². The summed E-state index contributed by atoms with van der Waals surface area (Å²) in [6.45, 7) is 7.89. The highest BCUT2D eigenvalue weighted by Crippen LogP contribution is 2.40. The number of hydrogen-bond donors (Lipinski definition) is 0. The van der Waals surface area contributed by atoms with Crippen LogP contribution in [0.3, 0.4) is 0 Å². The Labute approximate surface area is 231 Å². The van der Waals surface area contributed by atoms with Gasteiger partial charge in [0.05, 0.1) is 23.3 Å². The highest BCUT2D eigenvalue weighted by molar-refractivity contribution is 6.10. The standard InChI is InChI=1S/C37H22N2O/c1-38-32-21-19-24(22-31(32)25-18-20-30-29-13-5-9-17-36(29)40-37(30)23-25)26-10-2-6-14-33(26)39-34-15-7-3-11-27(34)28-12-4-8-16-35(28)39/h2-23H. The maximum absolute atomic E-state index is 7.89.